The third kappa shape index (κ3) is 3.46. The number of rotatable bonds is 3. The molecule has 2 rings (SSSR count). The Morgan fingerprint density at radius 3 is 2.65 bits per heavy atom. The number of anilines is 1. The van der Waals surface area contributed by atoms with E-state index in [1.807, 2.05) is 6.92 Å². The summed E-state index contributed by atoms with van der Waals surface area (Å²) in [5.74, 6) is -0.0137. The van der Waals surface area contributed by atoms with Crippen LogP contribution < -0.4 is 11.1 Å². The third-order valence-electron chi connectivity index (χ3n) is 3.47. The predicted molar refractivity (Wildman–Crippen MR) is 76.0 cm³/mol. The van der Waals surface area contributed by atoms with Gasteiger partial charge >= 0.3 is 0 Å². The van der Waals surface area contributed by atoms with Crippen LogP contribution in [0.2, 0.25) is 0 Å². The maximum Gasteiger partial charge on any atom is 0.272 e. The Morgan fingerprint density at radius 1 is 1.40 bits per heavy atom. The summed E-state index contributed by atoms with van der Waals surface area (Å²) in [6.45, 7) is 3.11. The minimum Gasteiger partial charge on any atom is -0.397 e. The number of likely N-dealkylation sites (tertiary alicyclic amines) is 1. The van der Waals surface area contributed by atoms with Crippen molar-refractivity contribution in [1.82, 2.24) is 15.2 Å². The molecule has 0 unspecified atom stereocenters. The number of aromatic nitrogens is 1. The van der Waals surface area contributed by atoms with Gasteiger partial charge in [0.2, 0.25) is 5.91 Å². The van der Waals surface area contributed by atoms with Gasteiger partial charge in [0.05, 0.1) is 11.9 Å². The van der Waals surface area contributed by atoms with Crippen molar-refractivity contribution in [1.29, 1.82) is 0 Å². The molecule has 1 fully saturated rings. The van der Waals surface area contributed by atoms with Crippen molar-refractivity contribution in [3.63, 3.8) is 0 Å². The largest absolute Gasteiger partial charge is 0.397 e. The van der Waals surface area contributed by atoms with Gasteiger partial charge in [0.1, 0.15) is 5.69 Å². The van der Waals surface area contributed by atoms with Crippen LogP contribution in [0.5, 0.6) is 0 Å². The lowest BCUT2D eigenvalue weighted by molar-refractivity contribution is -0.121. The molecule has 6 nitrogen and oxygen atoms in total. The van der Waals surface area contributed by atoms with Gasteiger partial charge in [-0.3, -0.25) is 9.59 Å². The number of carbonyl (C=O) groups is 2. The third-order valence-corrected chi connectivity index (χ3v) is 3.47. The molecule has 0 radical (unpaired) electrons. The molecule has 2 heterocycles. The fraction of sp³-hybridized carbons (Fsp3) is 0.500. The van der Waals surface area contributed by atoms with Gasteiger partial charge in [0.15, 0.2) is 0 Å². The quantitative estimate of drug-likeness (QED) is 0.854. The number of hydrogen-bond acceptors (Lipinski definition) is 4. The normalized spacial score (nSPS) is 15.9. The van der Waals surface area contributed by atoms with Crippen LogP contribution in [-0.2, 0) is 4.79 Å². The second kappa shape index (κ2) is 6.36. The van der Waals surface area contributed by atoms with Crippen molar-refractivity contribution in [2.45, 2.75) is 32.2 Å². The van der Waals surface area contributed by atoms with E-state index in [2.05, 4.69) is 10.3 Å². The molecule has 1 aromatic heterocycles. The minimum atomic E-state index is -0.0785. The molecule has 1 aliphatic heterocycles. The van der Waals surface area contributed by atoms with Crippen LogP contribution in [0.1, 0.15) is 36.7 Å². The number of amides is 2. The highest BCUT2D eigenvalue weighted by Gasteiger charge is 2.24. The van der Waals surface area contributed by atoms with Crippen LogP contribution in [0.3, 0.4) is 0 Å². The highest BCUT2D eigenvalue weighted by Crippen LogP contribution is 2.13. The molecular formula is C14H20N4O2. The number of nitrogens with two attached hydrogens (primary N) is 1. The average Bonchev–Trinajstić information content (AvgIpc) is 2.48. The lowest BCUT2D eigenvalue weighted by Crippen LogP contribution is -2.46. The van der Waals surface area contributed by atoms with Crippen LogP contribution >= 0.6 is 0 Å². The molecule has 3 N–H and O–H groups in total. The maximum atomic E-state index is 12.2. The summed E-state index contributed by atoms with van der Waals surface area (Å²) in [5, 5.41) is 2.97. The number of piperidine rings is 1. The first-order chi connectivity index (χ1) is 9.60. The predicted octanol–water partition coefficient (Wildman–Crippen LogP) is 0.795. The Hall–Kier alpha value is -2.11. The van der Waals surface area contributed by atoms with Crippen LogP contribution in [-0.4, -0.2) is 40.8 Å². The smallest absolute Gasteiger partial charge is 0.272 e. The van der Waals surface area contributed by atoms with Gasteiger partial charge < -0.3 is 16.0 Å². The van der Waals surface area contributed by atoms with Gasteiger partial charge in [-0.25, -0.2) is 4.98 Å². The summed E-state index contributed by atoms with van der Waals surface area (Å²) in [6.07, 6.45) is 3.55. The average molecular weight is 276 g/mol. The molecule has 0 spiro atoms. The zero-order valence-electron chi connectivity index (χ0n) is 11.6. The Morgan fingerprint density at radius 2 is 2.10 bits per heavy atom. The van der Waals surface area contributed by atoms with Crippen molar-refractivity contribution in [2.75, 3.05) is 18.8 Å². The summed E-state index contributed by atoms with van der Waals surface area (Å²) >= 11 is 0. The molecular weight excluding hydrogens is 256 g/mol. The molecule has 0 atom stereocenters. The van der Waals surface area contributed by atoms with Crippen LogP contribution in [0.4, 0.5) is 5.69 Å². The second-order valence-corrected chi connectivity index (χ2v) is 4.96. The molecule has 6 heteroatoms. The van der Waals surface area contributed by atoms with Crippen LogP contribution in [0, 0.1) is 0 Å². The van der Waals surface area contributed by atoms with E-state index in [-0.39, 0.29) is 17.9 Å². The van der Waals surface area contributed by atoms with Crippen molar-refractivity contribution >= 4 is 17.5 Å². The molecule has 20 heavy (non-hydrogen) atoms. The van der Waals surface area contributed by atoms with Gasteiger partial charge in [0, 0.05) is 25.6 Å². The van der Waals surface area contributed by atoms with Gasteiger partial charge in [-0.1, -0.05) is 6.92 Å². The SMILES string of the molecule is CCC(=O)NC1CCN(C(=O)c2ccc(N)cn2)CC1. The highest BCUT2D eigenvalue weighted by molar-refractivity contribution is 5.92. The zero-order valence-corrected chi connectivity index (χ0v) is 11.6. The van der Waals surface area contributed by atoms with E-state index < -0.39 is 0 Å². The Bertz CT molecular complexity index is 478. The highest BCUT2D eigenvalue weighted by atomic mass is 16.2. The lowest BCUT2D eigenvalue weighted by atomic mass is 10.0. The van der Waals surface area contributed by atoms with Gasteiger partial charge in [0.25, 0.3) is 5.91 Å². The summed E-state index contributed by atoms with van der Waals surface area (Å²) in [7, 11) is 0. The second-order valence-electron chi connectivity index (χ2n) is 4.96. The van der Waals surface area contributed by atoms with Crippen molar-refractivity contribution in [3.8, 4) is 0 Å². The van der Waals surface area contributed by atoms with Gasteiger partial charge in [-0.05, 0) is 25.0 Å². The number of hydrogen-bond donors (Lipinski definition) is 2. The first-order valence-electron chi connectivity index (χ1n) is 6.90. The number of nitrogens with one attached hydrogen (secondary N) is 1. The summed E-state index contributed by atoms with van der Waals surface area (Å²) in [6, 6.07) is 3.49. The molecule has 0 aromatic carbocycles. The molecule has 1 saturated heterocycles. The van der Waals surface area contributed by atoms with E-state index in [4.69, 9.17) is 5.73 Å². The number of pyridine rings is 1. The molecule has 0 saturated carbocycles. The summed E-state index contributed by atoms with van der Waals surface area (Å²) < 4.78 is 0. The topological polar surface area (TPSA) is 88.3 Å². The maximum absolute atomic E-state index is 12.2. The molecule has 108 valence electrons. The summed E-state index contributed by atoms with van der Waals surface area (Å²) in [5.41, 5.74) is 6.51. The monoisotopic (exact) mass is 276 g/mol. The van der Waals surface area contributed by atoms with Crippen molar-refractivity contribution in [2.24, 2.45) is 0 Å². The Labute approximate surface area is 118 Å². The van der Waals surface area contributed by atoms with E-state index >= 15 is 0 Å². The van der Waals surface area contributed by atoms with Gasteiger partial charge in [-0.2, -0.15) is 0 Å². The number of nitrogen functional groups attached to an aromatic ring is 1. The Kier molecular flexibility index (Phi) is 4.55. The number of carbonyl (C=O) groups excluding carboxylic acids is 2. The molecule has 2 amide bonds. The van der Waals surface area contributed by atoms with Crippen molar-refractivity contribution in [3.05, 3.63) is 24.0 Å². The molecule has 0 aliphatic carbocycles. The number of nitrogens with zero attached hydrogens (tertiary/aromatic N) is 2. The van der Waals surface area contributed by atoms with Crippen molar-refractivity contribution < 1.29 is 9.59 Å². The Balaban J connectivity index is 1.88. The van der Waals surface area contributed by atoms with Gasteiger partial charge in [-0.15, -0.1) is 0 Å². The van der Waals surface area contributed by atoms with E-state index in [1.165, 1.54) is 6.20 Å². The molecule has 1 aliphatic rings. The van der Waals surface area contributed by atoms with Crippen LogP contribution in [0.25, 0.3) is 0 Å². The fourth-order valence-electron chi connectivity index (χ4n) is 2.25. The molecule has 0 bridgehead atoms. The lowest BCUT2D eigenvalue weighted by Gasteiger charge is -2.32. The fourth-order valence-corrected chi connectivity index (χ4v) is 2.25. The first kappa shape index (κ1) is 14.3. The zero-order chi connectivity index (χ0) is 14.5. The van der Waals surface area contributed by atoms with E-state index in [0.717, 1.165) is 12.8 Å². The van der Waals surface area contributed by atoms with E-state index in [0.29, 0.717) is 30.9 Å². The standard InChI is InChI=1S/C14H20N4O2/c1-2-13(19)17-11-5-7-18(8-6-11)14(20)12-4-3-10(15)9-16-12/h3-4,9,11H,2,5-8,15H2,1H3,(H,17,19). The molecule has 1 aromatic rings. The van der Waals surface area contributed by atoms with Crippen LogP contribution in [0.15, 0.2) is 18.3 Å². The van der Waals surface area contributed by atoms with E-state index in [1.54, 1.807) is 17.0 Å². The summed E-state index contributed by atoms with van der Waals surface area (Å²) in [4.78, 5) is 29.4. The van der Waals surface area contributed by atoms with E-state index in [9.17, 15) is 9.59 Å². The first-order valence-corrected chi connectivity index (χ1v) is 6.90. The minimum absolute atomic E-state index is 0.0648.